The molecule has 1 aromatic heterocycles. The van der Waals surface area contributed by atoms with Crippen molar-refractivity contribution in [1.82, 2.24) is 4.98 Å². The van der Waals surface area contributed by atoms with Gasteiger partial charge in [-0.25, -0.2) is 4.98 Å². The number of aryl methyl sites for hydroxylation is 1. The van der Waals surface area contributed by atoms with Gasteiger partial charge in [0.25, 0.3) is 0 Å². The molecule has 32 heavy (non-hydrogen) atoms. The zero-order valence-corrected chi connectivity index (χ0v) is 18.7. The number of esters is 1. The van der Waals surface area contributed by atoms with Crippen LogP contribution >= 0.6 is 0 Å². The molecule has 0 N–H and O–H groups in total. The van der Waals surface area contributed by atoms with Crippen LogP contribution in [0.2, 0.25) is 0 Å². The Balaban J connectivity index is 1.31. The molecule has 0 unspecified atom stereocenters. The largest absolute Gasteiger partial charge is 0.494 e. The van der Waals surface area contributed by atoms with Gasteiger partial charge in [0.2, 0.25) is 5.89 Å². The van der Waals surface area contributed by atoms with Crippen molar-refractivity contribution >= 4 is 27.8 Å². The van der Waals surface area contributed by atoms with E-state index in [-0.39, 0.29) is 5.97 Å². The molecule has 0 aliphatic carbocycles. The van der Waals surface area contributed by atoms with Crippen molar-refractivity contribution in [3.05, 3.63) is 60.2 Å². The number of nitrogens with zero attached hydrogens (tertiary/aromatic N) is 1. The number of hydrogen-bond donors (Lipinski definition) is 0. The van der Waals surface area contributed by atoms with E-state index in [0.717, 1.165) is 64.4 Å². The Hall–Kier alpha value is -3.34. The minimum atomic E-state index is -0.103. The number of oxazole rings is 1. The lowest BCUT2D eigenvalue weighted by molar-refractivity contribution is -0.143. The Morgan fingerprint density at radius 3 is 2.62 bits per heavy atom. The molecule has 0 aliphatic heterocycles. The first-order valence-corrected chi connectivity index (χ1v) is 11.3. The monoisotopic (exact) mass is 431 g/mol. The highest BCUT2D eigenvalue weighted by Crippen LogP contribution is 2.29. The van der Waals surface area contributed by atoms with E-state index in [1.807, 2.05) is 44.2 Å². The van der Waals surface area contributed by atoms with Gasteiger partial charge in [0.05, 0.1) is 13.2 Å². The fourth-order valence-corrected chi connectivity index (χ4v) is 3.75. The van der Waals surface area contributed by atoms with Crippen molar-refractivity contribution in [3.63, 3.8) is 0 Å². The predicted molar refractivity (Wildman–Crippen MR) is 127 cm³/mol. The van der Waals surface area contributed by atoms with Gasteiger partial charge in [-0.05, 0) is 79.4 Å². The summed E-state index contributed by atoms with van der Waals surface area (Å²) in [6.45, 7) is 5.00. The molecule has 0 radical (unpaired) electrons. The molecule has 0 saturated heterocycles. The number of carbonyl (C=O) groups is 1. The van der Waals surface area contributed by atoms with Crippen molar-refractivity contribution in [3.8, 4) is 17.2 Å². The molecule has 0 aliphatic rings. The fourth-order valence-electron chi connectivity index (χ4n) is 3.75. The van der Waals surface area contributed by atoms with Crippen molar-refractivity contribution in [2.24, 2.45) is 0 Å². The van der Waals surface area contributed by atoms with Gasteiger partial charge in [-0.1, -0.05) is 31.0 Å². The zero-order valence-electron chi connectivity index (χ0n) is 18.7. The van der Waals surface area contributed by atoms with Crippen molar-refractivity contribution in [2.45, 2.75) is 46.0 Å². The summed E-state index contributed by atoms with van der Waals surface area (Å²) in [5.41, 5.74) is 3.80. The Bertz CT molecular complexity index is 1210. The van der Waals surface area contributed by atoms with Crippen LogP contribution < -0.4 is 4.74 Å². The summed E-state index contributed by atoms with van der Waals surface area (Å²) in [4.78, 5) is 15.9. The minimum Gasteiger partial charge on any atom is -0.494 e. The number of unbranched alkanes of at least 4 members (excludes halogenated alkanes) is 3. The quantitative estimate of drug-likeness (QED) is 0.203. The molecule has 1 heterocycles. The van der Waals surface area contributed by atoms with Crippen LogP contribution in [0.25, 0.3) is 33.3 Å². The van der Waals surface area contributed by atoms with Gasteiger partial charge in [-0.3, -0.25) is 4.79 Å². The van der Waals surface area contributed by atoms with Crippen molar-refractivity contribution in [2.75, 3.05) is 13.2 Å². The maximum Gasteiger partial charge on any atom is 0.305 e. The van der Waals surface area contributed by atoms with Crippen LogP contribution in [0.5, 0.6) is 5.75 Å². The molecule has 5 heteroatoms. The number of fused-ring (bicyclic) bond motifs is 2. The van der Waals surface area contributed by atoms with Crippen molar-refractivity contribution in [1.29, 1.82) is 0 Å². The van der Waals surface area contributed by atoms with Gasteiger partial charge in [-0.15, -0.1) is 0 Å². The average Bonchev–Trinajstić information content (AvgIpc) is 3.21. The standard InChI is InChI=1S/C27H29NO4/c1-3-30-26(29)8-6-4-5-7-15-31-23-13-12-20-17-22(11-10-21(20)18-23)27-28-24-14-9-19(2)16-25(24)32-27/h9-14,16-18H,3-8,15H2,1-2H3. The van der Waals surface area contributed by atoms with Crippen LogP contribution in [0.4, 0.5) is 0 Å². The molecule has 0 spiro atoms. The molecule has 4 rings (SSSR count). The van der Waals surface area contributed by atoms with Crippen LogP contribution in [0.1, 0.15) is 44.6 Å². The lowest BCUT2D eigenvalue weighted by Gasteiger charge is -2.08. The van der Waals surface area contributed by atoms with Crippen molar-refractivity contribution < 1.29 is 18.7 Å². The molecule has 4 aromatic rings. The first kappa shape index (κ1) is 21.9. The van der Waals surface area contributed by atoms with Gasteiger partial charge in [0.15, 0.2) is 5.58 Å². The molecular formula is C27H29NO4. The van der Waals surface area contributed by atoms with Gasteiger partial charge >= 0.3 is 5.97 Å². The summed E-state index contributed by atoms with van der Waals surface area (Å²) >= 11 is 0. The maximum atomic E-state index is 11.3. The molecule has 0 saturated carbocycles. The second-order valence-electron chi connectivity index (χ2n) is 8.03. The van der Waals surface area contributed by atoms with E-state index >= 15 is 0 Å². The van der Waals surface area contributed by atoms with Crippen LogP contribution in [0.15, 0.2) is 59.0 Å². The fraction of sp³-hybridized carbons (Fsp3) is 0.333. The number of ether oxygens (including phenoxy) is 2. The third kappa shape index (κ3) is 5.47. The summed E-state index contributed by atoms with van der Waals surface area (Å²) in [7, 11) is 0. The number of benzene rings is 3. The lowest BCUT2D eigenvalue weighted by atomic mass is 10.1. The molecule has 0 amide bonds. The SMILES string of the molecule is CCOC(=O)CCCCCCOc1ccc2cc(-c3nc4ccc(C)cc4o3)ccc2c1. The molecule has 0 bridgehead atoms. The highest BCUT2D eigenvalue weighted by molar-refractivity contribution is 5.88. The van der Waals surface area contributed by atoms with Gasteiger partial charge in [0, 0.05) is 12.0 Å². The van der Waals surface area contributed by atoms with E-state index < -0.39 is 0 Å². The number of rotatable bonds is 10. The third-order valence-corrected chi connectivity index (χ3v) is 5.45. The van der Waals surface area contributed by atoms with E-state index in [2.05, 4.69) is 29.2 Å². The van der Waals surface area contributed by atoms with Gasteiger partial charge in [-0.2, -0.15) is 0 Å². The molecule has 0 fully saturated rings. The summed E-state index contributed by atoms with van der Waals surface area (Å²) < 4.78 is 16.8. The van der Waals surface area contributed by atoms with Crippen LogP contribution in [0, 0.1) is 6.92 Å². The smallest absolute Gasteiger partial charge is 0.305 e. The molecule has 3 aromatic carbocycles. The Morgan fingerprint density at radius 2 is 1.75 bits per heavy atom. The van der Waals surface area contributed by atoms with E-state index in [4.69, 9.17) is 13.9 Å². The zero-order chi connectivity index (χ0) is 22.3. The number of carbonyl (C=O) groups excluding carboxylic acids is 1. The highest BCUT2D eigenvalue weighted by atomic mass is 16.5. The minimum absolute atomic E-state index is 0.103. The van der Waals surface area contributed by atoms with Crippen LogP contribution in [0.3, 0.4) is 0 Å². The third-order valence-electron chi connectivity index (χ3n) is 5.45. The predicted octanol–water partition coefficient (Wildman–Crippen LogP) is 6.85. The number of hydrogen-bond acceptors (Lipinski definition) is 5. The first-order valence-electron chi connectivity index (χ1n) is 11.3. The normalized spacial score (nSPS) is 11.2. The summed E-state index contributed by atoms with van der Waals surface area (Å²) in [5, 5.41) is 2.24. The molecule has 166 valence electrons. The van der Waals surface area contributed by atoms with Gasteiger partial charge < -0.3 is 13.9 Å². The molecule has 0 atom stereocenters. The van der Waals surface area contributed by atoms with Crippen LogP contribution in [-0.4, -0.2) is 24.2 Å². The number of aromatic nitrogens is 1. The van der Waals surface area contributed by atoms with E-state index in [1.165, 1.54) is 0 Å². The van der Waals surface area contributed by atoms with Gasteiger partial charge in [0.1, 0.15) is 11.3 Å². The second-order valence-corrected chi connectivity index (χ2v) is 8.03. The molecule has 5 nitrogen and oxygen atoms in total. The summed E-state index contributed by atoms with van der Waals surface area (Å²) in [5.74, 6) is 1.40. The van der Waals surface area contributed by atoms with Crippen LogP contribution in [-0.2, 0) is 9.53 Å². The summed E-state index contributed by atoms with van der Waals surface area (Å²) in [6, 6.07) is 18.4. The van der Waals surface area contributed by atoms with E-state index in [9.17, 15) is 4.79 Å². The topological polar surface area (TPSA) is 61.6 Å². The Labute approximate surface area is 188 Å². The maximum absolute atomic E-state index is 11.3. The summed E-state index contributed by atoms with van der Waals surface area (Å²) in [6.07, 6.45) is 4.40. The average molecular weight is 432 g/mol. The Morgan fingerprint density at radius 1 is 0.938 bits per heavy atom. The van der Waals surface area contributed by atoms with E-state index in [0.29, 0.717) is 25.5 Å². The Kier molecular flexibility index (Phi) is 7.05. The first-order chi connectivity index (χ1) is 15.6. The molecular weight excluding hydrogens is 402 g/mol. The highest BCUT2D eigenvalue weighted by Gasteiger charge is 2.09. The van der Waals surface area contributed by atoms with E-state index in [1.54, 1.807) is 0 Å². The second kappa shape index (κ2) is 10.3. The lowest BCUT2D eigenvalue weighted by Crippen LogP contribution is -2.03.